The quantitative estimate of drug-likeness (QED) is 0.881. The van der Waals surface area contributed by atoms with E-state index in [1.54, 1.807) is 0 Å². The van der Waals surface area contributed by atoms with Gasteiger partial charge >= 0.3 is 6.29 Å². The van der Waals surface area contributed by atoms with Crippen LogP contribution < -0.4 is 20.1 Å². The van der Waals surface area contributed by atoms with Crippen molar-refractivity contribution in [1.29, 1.82) is 0 Å². The Labute approximate surface area is 136 Å². The highest BCUT2D eigenvalue weighted by Gasteiger charge is 2.50. The number of rotatable bonds is 3. The Hall–Kier alpha value is -2.38. The van der Waals surface area contributed by atoms with Gasteiger partial charge in [-0.05, 0) is 30.9 Å². The Morgan fingerprint density at radius 3 is 3.04 bits per heavy atom. The van der Waals surface area contributed by atoms with Crippen molar-refractivity contribution in [2.24, 2.45) is 5.92 Å². The lowest BCUT2D eigenvalue weighted by Gasteiger charge is -2.29. The fourth-order valence-corrected chi connectivity index (χ4v) is 3.92. The first-order valence-electron chi connectivity index (χ1n) is 7.87. The van der Waals surface area contributed by atoms with Crippen LogP contribution in [0, 0.1) is 5.92 Å². The largest absolute Gasteiger partial charge is 0.586 e. The van der Waals surface area contributed by atoms with Gasteiger partial charge in [0.2, 0.25) is 5.91 Å². The van der Waals surface area contributed by atoms with E-state index in [2.05, 4.69) is 20.1 Å². The summed E-state index contributed by atoms with van der Waals surface area (Å²) in [5, 5.41) is 5.72. The van der Waals surface area contributed by atoms with Crippen molar-refractivity contribution in [3.63, 3.8) is 0 Å². The first-order valence-corrected chi connectivity index (χ1v) is 7.87. The molecule has 8 heteroatoms. The molecule has 3 aliphatic rings. The van der Waals surface area contributed by atoms with E-state index in [1.807, 2.05) is 0 Å². The Bertz CT molecular complexity index is 724. The molecule has 2 N–H and O–H groups in total. The second kappa shape index (κ2) is 5.06. The Morgan fingerprint density at radius 1 is 1.38 bits per heavy atom. The molecule has 2 atom stereocenters. The molecule has 1 aromatic carbocycles. The maximum absolute atomic E-state index is 13.2. The van der Waals surface area contributed by atoms with Gasteiger partial charge in [-0.1, -0.05) is 12.5 Å². The average molecular weight is 338 g/mol. The van der Waals surface area contributed by atoms with E-state index in [0.717, 1.165) is 19.3 Å². The lowest BCUT2D eigenvalue weighted by Crippen LogP contribution is -2.52. The predicted octanol–water partition coefficient (Wildman–Crippen LogP) is 1.80. The van der Waals surface area contributed by atoms with Crippen molar-refractivity contribution < 1.29 is 27.8 Å². The van der Waals surface area contributed by atoms with Crippen LogP contribution in [0.3, 0.4) is 0 Å². The molecular formula is C16H16F2N2O4. The summed E-state index contributed by atoms with van der Waals surface area (Å²) in [6.45, 7) is 0.267. The molecule has 1 aliphatic carbocycles. The maximum Gasteiger partial charge on any atom is 0.586 e. The number of carbonyl (C=O) groups excluding carboxylic acids is 2. The van der Waals surface area contributed by atoms with Gasteiger partial charge in [-0.15, -0.1) is 8.78 Å². The summed E-state index contributed by atoms with van der Waals surface area (Å²) in [7, 11) is 0. The van der Waals surface area contributed by atoms with Gasteiger partial charge in [0, 0.05) is 13.0 Å². The zero-order chi connectivity index (χ0) is 16.9. The fourth-order valence-electron chi connectivity index (χ4n) is 3.92. The molecule has 2 fully saturated rings. The van der Waals surface area contributed by atoms with Crippen molar-refractivity contribution in [2.45, 2.75) is 37.5 Å². The first-order chi connectivity index (χ1) is 11.4. The molecule has 4 rings (SSSR count). The van der Waals surface area contributed by atoms with Crippen LogP contribution in [0.15, 0.2) is 18.2 Å². The van der Waals surface area contributed by atoms with Crippen molar-refractivity contribution in [2.75, 3.05) is 6.54 Å². The van der Waals surface area contributed by atoms with Crippen LogP contribution in [-0.2, 0) is 4.79 Å². The van der Waals surface area contributed by atoms with Crippen molar-refractivity contribution in [1.82, 2.24) is 10.6 Å². The number of hydrogen-bond donors (Lipinski definition) is 2. The smallest absolute Gasteiger partial charge is 0.395 e. The number of fused-ring (bicyclic) bond motifs is 2. The van der Waals surface area contributed by atoms with Crippen LogP contribution in [0.2, 0.25) is 0 Å². The molecule has 2 amide bonds. The second-order valence-corrected chi connectivity index (χ2v) is 6.48. The molecule has 2 aliphatic heterocycles. The summed E-state index contributed by atoms with van der Waals surface area (Å²) in [6.07, 6.45) is -0.565. The van der Waals surface area contributed by atoms with E-state index >= 15 is 0 Å². The van der Waals surface area contributed by atoms with Gasteiger partial charge < -0.3 is 20.1 Å². The molecular weight excluding hydrogens is 322 g/mol. The summed E-state index contributed by atoms with van der Waals surface area (Å²) in [5.74, 6) is -0.773. The number of para-hydroxylation sites is 1. The number of benzene rings is 1. The zero-order valence-electron chi connectivity index (χ0n) is 12.7. The minimum atomic E-state index is -3.77. The monoisotopic (exact) mass is 338 g/mol. The second-order valence-electron chi connectivity index (χ2n) is 6.48. The normalized spacial score (nSPS) is 29.2. The Balaban J connectivity index is 1.51. The number of hydrogen-bond acceptors (Lipinski definition) is 4. The van der Waals surface area contributed by atoms with E-state index in [9.17, 15) is 18.4 Å². The SMILES string of the molecule is O=C1CC2CCCC2(CNC(=O)c2cccc3c2OC(F)(F)O3)N1. The molecule has 1 saturated heterocycles. The molecule has 2 heterocycles. The molecule has 6 nitrogen and oxygen atoms in total. The number of halogens is 2. The third-order valence-corrected chi connectivity index (χ3v) is 5.01. The van der Waals surface area contributed by atoms with Crippen molar-refractivity contribution in [3.8, 4) is 11.5 Å². The Kier molecular flexibility index (Phi) is 3.20. The molecule has 0 spiro atoms. The van der Waals surface area contributed by atoms with E-state index in [0.29, 0.717) is 6.42 Å². The zero-order valence-corrected chi connectivity index (χ0v) is 12.7. The summed E-state index contributed by atoms with van der Waals surface area (Å²) in [5.41, 5.74) is -0.439. The van der Waals surface area contributed by atoms with Gasteiger partial charge in [0.1, 0.15) is 0 Å². The summed E-state index contributed by atoms with van der Waals surface area (Å²) < 4.78 is 35.2. The van der Waals surface area contributed by atoms with Crippen LogP contribution in [0.1, 0.15) is 36.0 Å². The maximum atomic E-state index is 13.2. The van der Waals surface area contributed by atoms with Gasteiger partial charge in [-0.3, -0.25) is 9.59 Å². The van der Waals surface area contributed by atoms with Crippen LogP contribution in [-0.4, -0.2) is 30.2 Å². The molecule has 1 aromatic rings. The number of amides is 2. The highest BCUT2D eigenvalue weighted by Crippen LogP contribution is 2.44. The number of nitrogens with one attached hydrogen (secondary N) is 2. The molecule has 0 bridgehead atoms. The number of ether oxygens (including phenoxy) is 2. The minimum absolute atomic E-state index is 0.00840. The fraction of sp³-hybridized carbons (Fsp3) is 0.500. The van der Waals surface area contributed by atoms with Crippen LogP contribution >= 0.6 is 0 Å². The standard InChI is InChI=1S/C16H16F2N2O4/c17-16(18)23-11-5-1-4-10(13(11)24-16)14(22)19-8-15-6-2-3-9(15)7-12(21)20-15/h1,4-5,9H,2-3,6-8H2,(H,19,22)(H,20,21). The van der Waals surface area contributed by atoms with Crippen LogP contribution in [0.4, 0.5) is 8.78 Å². The highest BCUT2D eigenvalue weighted by molar-refractivity contribution is 5.98. The molecule has 0 radical (unpaired) electrons. The van der Waals surface area contributed by atoms with Gasteiger partial charge in [-0.2, -0.15) is 0 Å². The van der Waals surface area contributed by atoms with Crippen LogP contribution in [0.5, 0.6) is 11.5 Å². The predicted molar refractivity (Wildman–Crippen MR) is 77.8 cm³/mol. The van der Waals surface area contributed by atoms with E-state index in [4.69, 9.17) is 0 Å². The highest BCUT2D eigenvalue weighted by atomic mass is 19.3. The third kappa shape index (κ3) is 2.37. The lowest BCUT2D eigenvalue weighted by atomic mass is 9.89. The summed E-state index contributed by atoms with van der Waals surface area (Å²) in [6, 6.07) is 4.17. The minimum Gasteiger partial charge on any atom is -0.395 e. The number of alkyl halides is 2. The molecule has 128 valence electrons. The molecule has 2 unspecified atom stereocenters. The van der Waals surface area contributed by atoms with Crippen LogP contribution in [0.25, 0.3) is 0 Å². The topological polar surface area (TPSA) is 76.7 Å². The van der Waals surface area contributed by atoms with E-state index in [-0.39, 0.29) is 35.4 Å². The summed E-state index contributed by atoms with van der Waals surface area (Å²) in [4.78, 5) is 24.1. The van der Waals surface area contributed by atoms with Crippen molar-refractivity contribution in [3.05, 3.63) is 23.8 Å². The summed E-state index contributed by atoms with van der Waals surface area (Å²) >= 11 is 0. The Morgan fingerprint density at radius 2 is 2.21 bits per heavy atom. The first kappa shape index (κ1) is 15.2. The third-order valence-electron chi connectivity index (χ3n) is 5.01. The molecule has 0 aromatic heterocycles. The van der Waals surface area contributed by atoms with Gasteiger partial charge in [0.15, 0.2) is 11.5 Å². The molecule has 24 heavy (non-hydrogen) atoms. The van der Waals surface area contributed by atoms with E-state index in [1.165, 1.54) is 18.2 Å². The van der Waals surface area contributed by atoms with Gasteiger partial charge in [0.25, 0.3) is 5.91 Å². The number of carbonyl (C=O) groups is 2. The van der Waals surface area contributed by atoms with Gasteiger partial charge in [0.05, 0.1) is 11.1 Å². The van der Waals surface area contributed by atoms with Gasteiger partial charge in [-0.25, -0.2) is 0 Å². The van der Waals surface area contributed by atoms with E-state index < -0.39 is 17.7 Å². The average Bonchev–Trinajstić information content (AvgIpc) is 3.12. The molecule has 1 saturated carbocycles. The lowest BCUT2D eigenvalue weighted by molar-refractivity contribution is -0.286. The van der Waals surface area contributed by atoms with Crippen molar-refractivity contribution >= 4 is 11.8 Å².